The lowest BCUT2D eigenvalue weighted by molar-refractivity contribution is -0.665. The number of nitrogens with zero attached hydrogens (tertiary/aromatic N) is 1. The summed E-state index contributed by atoms with van der Waals surface area (Å²) in [5.74, 6) is 0.0954. The number of pyridine rings is 1. The SMILES string of the molecule is [2H]c1c(C)[n+](C)c(-c2cc(-c3ccccc3)c(F)cc2C)c2cccc(C(C)C)c12. The fraction of sp³-hybridized carbons (Fsp3) is 0.222. The van der Waals surface area contributed by atoms with Crippen LogP contribution in [-0.4, -0.2) is 0 Å². The number of hydrogen-bond acceptors (Lipinski definition) is 0. The Morgan fingerprint density at radius 2 is 1.62 bits per heavy atom. The zero-order valence-corrected chi connectivity index (χ0v) is 17.7. The van der Waals surface area contributed by atoms with Gasteiger partial charge in [-0.15, -0.1) is 0 Å². The van der Waals surface area contributed by atoms with Crippen molar-refractivity contribution in [1.29, 1.82) is 0 Å². The predicted octanol–water partition coefficient (Wildman–Crippen LogP) is 6.88. The number of halogens is 1. The van der Waals surface area contributed by atoms with Crippen LogP contribution in [0.15, 0.2) is 66.7 Å². The van der Waals surface area contributed by atoms with Crippen LogP contribution < -0.4 is 4.57 Å². The van der Waals surface area contributed by atoms with Crippen molar-refractivity contribution in [2.24, 2.45) is 7.05 Å². The molecule has 146 valence electrons. The normalized spacial score (nSPS) is 11.9. The van der Waals surface area contributed by atoms with E-state index >= 15 is 0 Å². The highest BCUT2D eigenvalue weighted by atomic mass is 19.1. The molecule has 1 nitrogen and oxygen atoms in total. The Kier molecular flexibility index (Phi) is 4.63. The van der Waals surface area contributed by atoms with E-state index in [2.05, 4.69) is 36.6 Å². The molecule has 0 saturated carbocycles. The van der Waals surface area contributed by atoms with Crippen LogP contribution in [0.3, 0.4) is 0 Å². The van der Waals surface area contributed by atoms with Crippen molar-refractivity contribution in [2.75, 3.05) is 0 Å². The zero-order chi connectivity index (χ0) is 21.6. The minimum absolute atomic E-state index is 0.217. The number of benzene rings is 3. The summed E-state index contributed by atoms with van der Waals surface area (Å²) in [5, 5.41) is 2.02. The quantitative estimate of drug-likeness (QED) is 0.339. The maximum absolute atomic E-state index is 14.9. The Hall–Kier alpha value is -3.00. The molecule has 4 aromatic rings. The molecule has 0 aliphatic rings. The van der Waals surface area contributed by atoms with E-state index in [0.29, 0.717) is 17.5 Å². The summed E-state index contributed by atoms with van der Waals surface area (Å²) in [6, 6.07) is 20.1. The van der Waals surface area contributed by atoms with Crippen LogP contribution in [-0.2, 0) is 7.05 Å². The Labute approximate surface area is 173 Å². The van der Waals surface area contributed by atoms with Gasteiger partial charge in [-0.2, -0.15) is 4.57 Å². The van der Waals surface area contributed by atoms with Crippen molar-refractivity contribution >= 4 is 10.8 Å². The Balaban J connectivity index is 2.12. The average Bonchev–Trinajstić information content (AvgIpc) is 2.73. The van der Waals surface area contributed by atoms with Gasteiger partial charge in [0, 0.05) is 18.5 Å². The topological polar surface area (TPSA) is 3.88 Å². The van der Waals surface area contributed by atoms with Crippen molar-refractivity contribution in [3.63, 3.8) is 0 Å². The van der Waals surface area contributed by atoms with Crippen LogP contribution in [0, 0.1) is 19.7 Å². The van der Waals surface area contributed by atoms with E-state index < -0.39 is 0 Å². The van der Waals surface area contributed by atoms with Crippen molar-refractivity contribution in [3.05, 3.63) is 89.3 Å². The lowest BCUT2D eigenvalue weighted by atomic mass is 9.91. The predicted molar refractivity (Wildman–Crippen MR) is 120 cm³/mol. The van der Waals surface area contributed by atoms with E-state index in [9.17, 15) is 4.39 Å². The standard InChI is InChI=1S/C27H27FN/c1-17(2)21-12-9-13-22-25(21)15-19(4)29(5)27(22)23-16-24(26(28)14-18(23)3)20-10-7-6-8-11-20/h6-17H,1-5H3/q+1/i15D. The first-order chi connectivity index (χ1) is 14.3. The third kappa shape index (κ3) is 3.33. The molecule has 0 bridgehead atoms. The molecule has 0 radical (unpaired) electrons. The lowest BCUT2D eigenvalue weighted by Gasteiger charge is -2.15. The van der Waals surface area contributed by atoms with Gasteiger partial charge in [0.15, 0.2) is 5.69 Å². The third-order valence-electron chi connectivity index (χ3n) is 5.77. The molecule has 3 aromatic carbocycles. The molecular formula is C27H27FN+. The Bertz CT molecular complexity index is 1260. The fourth-order valence-electron chi connectivity index (χ4n) is 4.09. The minimum Gasteiger partial charge on any atom is -0.206 e. The van der Waals surface area contributed by atoms with Gasteiger partial charge >= 0.3 is 0 Å². The van der Waals surface area contributed by atoms with Gasteiger partial charge in [0.2, 0.25) is 5.69 Å². The summed E-state index contributed by atoms with van der Waals surface area (Å²) >= 11 is 0. The molecule has 0 atom stereocenters. The summed E-state index contributed by atoms with van der Waals surface area (Å²) in [6.45, 7) is 8.26. The monoisotopic (exact) mass is 385 g/mol. The molecule has 0 aliphatic carbocycles. The molecule has 1 aromatic heterocycles. The minimum atomic E-state index is -0.217. The van der Waals surface area contributed by atoms with Gasteiger partial charge in [-0.3, -0.25) is 0 Å². The van der Waals surface area contributed by atoms with Crippen molar-refractivity contribution < 1.29 is 10.3 Å². The number of fused-ring (bicyclic) bond motifs is 1. The van der Waals surface area contributed by atoms with Crippen LogP contribution in [0.5, 0.6) is 0 Å². The van der Waals surface area contributed by atoms with Crippen molar-refractivity contribution in [1.82, 2.24) is 0 Å². The van der Waals surface area contributed by atoms with Crippen LogP contribution in [0.1, 0.15) is 38.0 Å². The van der Waals surface area contributed by atoms with Gasteiger partial charge < -0.3 is 0 Å². The number of aryl methyl sites for hydroxylation is 1. The van der Waals surface area contributed by atoms with Crippen LogP contribution in [0.2, 0.25) is 0 Å². The summed E-state index contributed by atoms with van der Waals surface area (Å²) in [7, 11) is 2.00. The molecule has 2 heteroatoms. The second-order valence-corrected chi connectivity index (χ2v) is 8.06. The van der Waals surface area contributed by atoms with E-state index in [-0.39, 0.29) is 5.82 Å². The summed E-state index contributed by atoms with van der Waals surface area (Å²) in [5.41, 5.74) is 6.43. The third-order valence-corrected chi connectivity index (χ3v) is 5.77. The molecule has 0 N–H and O–H groups in total. The first-order valence-electron chi connectivity index (χ1n) is 10.6. The Morgan fingerprint density at radius 1 is 0.897 bits per heavy atom. The maximum Gasteiger partial charge on any atom is 0.220 e. The number of hydrogen-bond donors (Lipinski definition) is 0. The zero-order valence-electron chi connectivity index (χ0n) is 18.7. The Morgan fingerprint density at radius 3 is 2.31 bits per heavy atom. The summed E-state index contributed by atoms with van der Waals surface area (Å²) in [4.78, 5) is 0. The summed E-state index contributed by atoms with van der Waals surface area (Å²) in [6.07, 6.45) is 0. The van der Waals surface area contributed by atoms with Gasteiger partial charge in [-0.1, -0.05) is 56.3 Å². The van der Waals surface area contributed by atoms with E-state index in [1.54, 1.807) is 6.07 Å². The second kappa shape index (κ2) is 7.44. The van der Waals surface area contributed by atoms with E-state index in [1.165, 1.54) is 5.56 Å². The first-order valence-corrected chi connectivity index (χ1v) is 10.1. The molecule has 1 heterocycles. The molecule has 0 saturated heterocycles. The van der Waals surface area contributed by atoms with Crippen LogP contribution in [0.4, 0.5) is 4.39 Å². The van der Waals surface area contributed by atoms with Gasteiger partial charge in [-0.05, 0) is 53.1 Å². The fourth-order valence-corrected chi connectivity index (χ4v) is 4.09. The molecule has 0 spiro atoms. The van der Waals surface area contributed by atoms with Crippen LogP contribution in [0.25, 0.3) is 33.2 Å². The van der Waals surface area contributed by atoms with Crippen molar-refractivity contribution in [2.45, 2.75) is 33.6 Å². The van der Waals surface area contributed by atoms with Gasteiger partial charge in [0.25, 0.3) is 0 Å². The lowest BCUT2D eigenvalue weighted by Crippen LogP contribution is -2.35. The van der Waals surface area contributed by atoms with Gasteiger partial charge in [-0.25, -0.2) is 4.39 Å². The average molecular weight is 386 g/mol. The highest BCUT2D eigenvalue weighted by Gasteiger charge is 2.23. The molecule has 0 amide bonds. The smallest absolute Gasteiger partial charge is 0.206 e. The second-order valence-electron chi connectivity index (χ2n) is 8.06. The number of aromatic nitrogens is 1. The van der Waals surface area contributed by atoms with Gasteiger partial charge in [0.1, 0.15) is 12.9 Å². The molecule has 29 heavy (non-hydrogen) atoms. The van der Waals surface area contributed by atoms with Gasteiger partial charge in [0.05, 0.1) is 12.3 Å². The number of rotatable bonds is 3. The summed E-state index contributed by atoms with van der Waals surface area (Å²) < 4.78 is 25.8. The van der Waals surface area contributed by atoms with E-state index in [4.69, 9.17) is 1.37 Å². The first kappa shape index (κ1) is 18.1. The highest BCUT2D eigenvalue weighted by Crippen LogP contribution is 2.36. The molecule has 4 rings (SSSR count). The van der Waals surface area contributed by atoms with E-state index in [1.807, 2.05) is 57.3 Å². The molecule has 0 aliphatic heterocycles. The molecule has 0 unspecified atom stereocenters. The molecule has 0 fully saturated rings. The van der Waals surface area contributed by atoms with Crippen molar-refractivity contribution in [3.8, 4) is 22.4 Å². The molecular weight excluding hydrogens is 357 g/mol. The highest BCUT2D eigenvalue weighted by molar-refractivity contribution is 5.96. The largest absolute Gasteiger partial charge is 0.220 e. The van der Waals surface area contributed by atoms with E-state index in [0.717, 1.165) is 38.9 Å². The van der Waals surface area contributed by atoms with Crippen LogP contribution >= 0.6 is 0 Å². The maximum atomic E-state index is 14.9.